The van der Waals surface area contributed by atoms with Gasteiger partial charge in [-0.05, 0) is 31.9 Å². The molecule has 2 N–H and O–H groups in total. The lowest BCUT2D eigenvalue weighted by Gasteiger charge is -2.12. The summed E-state index contributed by atoms with van der Waals surface area (Å²) in [5.74, 6) is 0.267. The normalized spacial score (nSPS) is 12.9. The van der Waals surface area contributed by atoms with E-state index in [1.807, 2.05) is 23.9 Å². The first-order valence-corrected chi connectivity index (χ1v) is 6.89. The highest BCUT2D eigenvalue weighted by Crippen LogP contribution is 2.15. The number of aromatic nitrogens is 2. The van der Waals surface area contributed by atoms with Crippen molar-refractivity contribution in [3.05, 3.63) is 18.0 Å². The van der Waals surface area contributed by atoms with Crippen LogP contribution in [0.1, 0.15) is 51.8 Å². The van der Waals surface area contributed by atoms with Crippen LogP contribution in [0.25, 0.3) is 0 Å². The lowest BCUT2D eigenvalue weighted by molar-refractivity contribution is -0.121. The van der Waals surface area contributed by atoms with Crippen molar-refractivity contribution in [1.82, 2.24) is 9.78 Å². The largest absolute Gasteiger partial charge is 0.330 e. The number of nitrogens with zero attached hydrogens (tertiary/aromatic N) is 2. The maximum atomic E-state index is 11.9. The maximum absolute atomic E-state index is 11.9. The second-order valence-corrected chi connectivity index (χ2v) is 4.88. The predicted octanol–water partition coefficient (Wildman–Crippen LogP) is 2.34. The molecule has 1 rings (SSSR count). The van der Waals surface area contributed by atoms with Crippen LogP contribution in [0, 0.1) is 5.92 Å². The van der Waals surface area contributed by atoms with Crippen LogP contribution in [0.5, 0.6) is 0 Å². The van der Waals surface area contributed by atoms with Gasteiger partial charge in [-0.2, -0.15) is 5.10 Å². The summed E-state index contributed by atoms with van der Waals surface area (Å²) in [6.07, 6.45) is 5.29. The minimum atomic E-state index is 0.0355. The van der Waals surface area contributed by atoms with Crippen molar-refractivity contribution >= 4 is 5.78 Å². The molecule has 1 unspecified atom stereocenters. The van der Waals surface area contributed by atoms with Crippen LogP contribution >= 0.6 is 0 Å². The molecule has 0 radical (unpaired) electrons. The van der Waals surface area contributed by atoms with Gasteiger partial charge in [0, 0.05) is 12.1 Å². The summed E-state index contributed by atoms with van der Waals surface area (Å²) in [5, 5.41) is 4.50. The van der Waals surface area contributed by atoms with E-state index in [0.29, 0.717) is 19.0 Å². The molecule has 0 bridgehead atoms. The number of hydrogen-bond donors (Lipinski definition) is 1. The minimum absolute atomic E-state index is 0.0355. The number of hydrogen-bond acceptors (Lipinski definition) is 3. The van der Waals surface area contributed by atoms with Crippen LogP contribution in [0.4, 0.5) is 0 Å². The Kier molecular flexibility index (Phi) is 6.05. The molecule has 0 spiro atoms. The second kappa shape index (κ2) is 7.31. The van der Waals surface area contributed by atoms with E-state index in [1.54, 1.807) is 0 Å². The predicted molar refractivity (Wildman–Crippen MR) is 73.4 cm³/mol. The third-order valence-corrected chi connectivity index (χ3v) is 3.48. The molecule has 1 aromatic rings. The third-order valence-electron chi connectivity index (χ3n) is 3.48. The molecular formula is C14H25N3O. The molecule has 0 saturated heterocycles. The van der Waals surface area contributed by atoms with E-state index in [-0.39, 0.29) is 11.7 Å². The van der Waals surface area contributed by atoms with E-state index in [1.165, 1.54) is 0 Å². The molecule has 0 aliphatic heterocycles. The second-order valence-electron chi connectivity index (χ2n) is 4.88. The van der Waals surface area contributed by atoms with Crippen LogP contribution < -0.4 is 5.73 Å². The Bertz CT molecular complexity index is 369. The molecule has 1 aromatic heterocycles. The van der Waals surface area contributed by atoms with Crippen molar-refractivity contribution in [2.45, 2.75) is 52.5 Å². The quantitative estimate of drug-likeness (QED) is 0.771. The summed E-state index contributed by atoms with van der Waals surface area (Å²) in [6.45, 7) is 6.82. The summed E-state index contributed by atoms with van der Waals surface area (Å²) >= 11 is 0. The number of ketones is 1. The van der Waals surface area contributed by atoms with Gasteiger partial charge in [0.1, 0.15) is 5.78 Å². The number of nitrogens with two attached hydrogens (primary N) is 1. The Morgan fingerprint density at radius 1 is 1.44 bits per heavy atom. The fourth-order valence-corrected chi connectivity index (χ4v) is 2.10. The average molecular weight is 251 g/mol. The van der Waals surface area contributed by atoms with Crippen LogP contribution in [-0.2, 0) is 11.2 Å². The third kappa shape index (κ3) is 3.95. The number of Topliss-reactive ketones (excluding diaryl/α,β-unsaturated/α-hetero) is 1. The van der Waals surface area contributed by atoms with Gasteiger partial charge in [0.25, 0.3) is 0 Å². The van der Waals surface area contributed by atoms with Crippen molar-refractivity contribution in [3.8, 4) is 0 Å². The van der Waals surface area contributed by atoms with Crippen LogP contribution in [-0.4, -0.2) is 22.1 Å². The molecular weight excluding hydrogens is 226 g/mol. The molecule has 4 heteroatoms. The smallest absolute Gasteiger partial charge is 0.141 e. The van der Waals surface area contributed by atoms with Crippen molar-refractivity contribution in [1.29, 1.82) is 0 Å². The van der Waals surface area contributed by atoms with E-state index in [9.17, 15) is 4.79 Å². The maximum Gasteiger partial charge on any atom is 0.141 e. The molecule has 102 valence electrons. The van der Waals surface area contributed by atoms with E-state index >= 15 is 0 Å². The highest BCUT2D eigenvalue weighted by atomic mass is 16.1. The van der Waals surface area contributed by atoms with E-state index in [0.717, 1.165) is 25.0 Å². The SMILES string of the molecule is CCC(CC)n1ccc(CC(=O)C(C)CCN)n1. The molecule has 0 aromatic carbocycles. The van der Waals surface area contributed by atoms with E-state index in [4.69, 9.17) is 5.73 Å². The number of carbonyl (C=O) groups excluding carboxylic acids is 1. The lowest BCUT2D eigenvalue weighted by atomic mass is 9.99. The molecule has 1 atom stereocenters. The first kappa shape index (κ1) is 14.9. The van der Waals surface area contributed by atoms with Crippen LogP contribution in [0.15, 0.2) is 12.3 Å². The fourth-order valence-electron chi connectivity index (χ4n) is 2.10. The topological polar surface area (TPSA) is 60.9 Å². The summed E-state index contributed by atoms with van der Waals surface area (Å²) in [5.41, 5.74) is 6.34. The monoisotopic (exact) mass is 251 g/mol. The highest BCUT2D eigenvalue weighted by Gasteiger charge is 2.15. The molecule has 1 heterocycles. The molecule has 0 aliphatic rings. The van der Waals surface area contributed by atoms with Gasteiger partial charge in [-0.1, -0.05) is 20.8 Å². The summed E-state index contributed by atoms with van der Waals surface area (Å²) in [7, 11) is 0. The summed E-state index contributed by atoms with van der Waals surface area (Å²) < 4.78 is 1.98. The first-order valence-electron chi connectivity index (χ1n) is 6.89. The fraction of sp³-hybridized carbons (Fsp3) is 0.714. The van der Waals surface area contributed by atoms with Gasteiger partial charge < -0.3 is 5.73 Å². The zero-order chi connectivity index (χ0) is 13.5. The van der Waals surface area contributed by atoms with E-state index < -0.39 is 0 Å². The van der Waals surface area contributed by atoms with Gasteiger partial charge in [0.15, 0.2) is 0 Å². The van der Waals surface area contributed by atoms with Crippen molar-refractivity contribution < 1.29 is 4.79 Å². The minimum Gasteiger partial charge on any atom is -0.330 e. The number of rotatable bonds is 8. The Morgan fingerprint density at radius 3 is 2.67 bits per heavy atom. The van der Waals surface area contributed by atoms with Crippen LogP contribution in [0.3, 0.4) is 0 Å². The molecule has 18 heavy (non-hydrogen) atoms. The zero-order valence-electron chi connectivity index (χ0n) is 11.7. The zero-order valence-corrected chi connectivity index (χ0v) is 11.7. The van der Waals surface area contributed by atoms with Crippen LogP contribution in [0.2, 0.25) is 0 Å². The van der Waals surface area contributed by atoms with Crippen molar-refractivity contribution in [2.75, 3.05) is 6.54 Å². The molecule has 0 aliphatic carbocycles. The first-order chi connectivity index (χ1) is 8.62. The average Bonchev–Trinajstić information content (AvgIpc) is 2.79. The standard InChI is InChI=1S/C14H25N3O/c1-4-13(5-2)17-9-7-12(16-17)10-14(18)11(3)6-8-15/h7,9,11,13H,4-6,8,10,15H2,1-3H3. The van der Waals surface area contributed by atoms with Gasteiger partial charge in [0.05, 0.1) is 18.2 Å². The summed E-state index contributed by atoms with van der Waals surface area (Å²) in [4.78, 5) is 11.9. The van der Waals surface area contributed by atoms with Gasteiger partial charge in [-0.3, -0.25) is 9.48 Å². The molecule has 0 fully saturated rings. The number of carbonyl (C=O) groups is 1. The van der Waals surface area contributed by atoms with E-state index in [2.05, 4.69) is 18.9 Å². The van der Waals surface area contributed by atoms with Gasteiger partial charge in [0.2, 0.25) is 0 Å². The van der Waals surface area contributed by atoms with Crippen molar-refractivity contribution in [2.24, 2.45) is 11.7 Å². The molecule has 4 nitrogen and oxygen atoms in total. The lowest BCUT2D eigenvalue weighted by Crippen LogP contribution is -2.18. The van der Waals surface area contributed by atoms with Gasteiger partial charge in [-0.25, -0.2) is 0 Å². The van der Waals surface area contributed by atoms with Gasteiger partial charge in [-0.15, -0.1) is 0 Å². The Morgan fingerprint density at radius 2 is 2.11 bits per heavy atom. The van der Waals surface area contributed by atoms with Gasteiger partial charge >= 0.3 is 0 Å². The van der Waals surface area contributed by atoms with Crippen molar-refractivity contribution in [3.63, 3.8) is 0 Å². The summed E-state index contributed by atoms with van der Waals surface area (Å²) in [6, 6.07) is 2.39. The Labute approximate surface area is 110 Å². The Hall–Kier alpha value is -1.16. The molecule has 0 amide bonds. The highest BCUT2D eigenvalue weighted by molar-refractivity contribution is 5.82. The Balaban J connectivity index is 2.61. The molecule has 0 saturated carbocycles.